The third kappa shape index (κ3) is 3.99. The number of benzene rings is 2. The van der Waals surface area contributed by atoms with Crippen LogP contribution in [-0.2, 0) is 4.79 Å². The van der Waals surface area contributed by atoms with E-state index >= 15 is 0 Å². The second-order valence-corrected chi connectivity index (χ2v) is 7.80. The Hall–Kier alpha value is -4.31. The Balaban J connectivity index is 1.40. The number of carbonyl (C=O) groups excluding carboxylic acids is 2. The summed E-state index contributed by atoms with van der Waals surface area (Å²) in [6, 6.07) is 15.3. The van der Waals surface area contributed by atoms with E-state index in [9.17, 15) is 14.0 Å². The number of carbonyl (C=O) groups is 2. The molecule has 8 nitrogen and oxygen atoms in total. The molecular formula is C23H13FN4O4S. The Kier molecular flexibility index (Phi) is 5.19. The minimum absolute atomic E-state index is 0.0152. The molecule has 0 fully saturated rings. The summed E-state index contributed by atoms with van der Waals surface area (Å²) in [6.07, 6.45) is 2.96. The van der Waals surface area contributed by atoms with Gasteiger partial charge < -0.3 is 9.15 Å². The summed E-state index contributed by atoms with van der Waals surface area (Å²) in [7, 11) is 0. The zero-order chi connectivity index (χ0) is 22.9. The quantitative estimate of drug-likeness (QED) is 0.353. The van der Waals surface area contributed by atoms with Crippen LogP contribution < -0.4 is 4.74 Å². The molecule has 0 spiro atoms. The first-order valence-corrected chi connectivity index (χ1v) is 10.4. The number of amides is 1. The third-order valence-corrected chi connectivity index (χ3v) is 5.58. The van der Waals surface area contributed by atoms with Gasteiger partial charge in [0.2, 0.25) is 5.17 Å². The van der Waals surface area contributed by atoms with Gasteiger partial charge in [0.1, 0.15) is 11.6 Å². The van der Waals surface area contributed by atoms with Gasteiger partial charge in [0.15, 0.2) is 16.6 Å². The van der Waals surface area contributed by atoms with Crippen LogP contribution in [0.2, 0.25) is 0 Å². The highest BCUT2D eigenvalue weighted by Crippen LogP contribution is 2.31. The predicted molar refractivity (Wildman–Crippen MR) is 121 cm³/mol. The monoisotopic (exact) mass is 460 g/mol. The number of furan rings is 1. The van der Waals surface area contributed by atoms with Gasteiger partial charge in [-0.1, -0.05) is 24.3 Å². The number of hydrogen-bond acceptors (Lipinski definition) is 7. The lowest BCUT2D eigenvalue weighted by atomic mass is 10.1. The molecule has 1 aromatic heterocycles. The second-order valence-electron chi connectivity index (χ2n) is 6.84. The molecule has 3 aromatic rings. The lowest BCUT2D eigenvalue weighted by Crippen LogP contribution is -2.35. The third-order valence-electron chi connectivity index (χ3n) is 4.66. The average Bonchev–Trinajstić information content (AvgIpc) is 3.47. The van der Waals surface area contributed by atoms with Crippen molar-refractivity contribution < 1.29 is 23.1 Å². The first-order chi connectivity index (χ1) is 16.0. The number of ether oxygens (including phenoxy) is 1. The molecular weight excluding hydrogens is 447 g/mol. The highest BCUT2D eigenvalue weighted by molar-refractivity contribution is 8.27. The number of nitrogens with zero attached hydrogens (tertiary/aromatic N) is 3. The van der Waals surface area contributed by atoms with Crippen molar-refractivity contribution in [2.24, 2.45) is 10.1 Å². The van der Waals surface area contributed by atoms with Crippen LogP contribution >= 0.6 is 11.8 Å². The summed E-state index contributed by atoms with van der Waals surface area (Å²) >= 11 is 1.13. The smallest absolute Gasteiger partial charge is 0.346 e. The van der Waals surface area contributed by atoms with E-state index in [2.05, 4.69) is 10.1 Å². The Bertz CT molecular complexity index is 1390. The number of amidine groups is 2. The van der Waals surface area contributed by atoms with Gasteiger partial charge in [-0.15, -0.1) is 0 Å². The maximum Gasteiger partial charge on any atom is 0.346 e. The molecule has 0 radical (unpaired) electrons. The Morgan fingerprint density at radius 3 is 2.79 bits per heavy atom. The van der Waals surface area contributed by atoms with Gasteiger partial charge in [-0.3, -0.25) is 10.2 Å². The standard InChI is InChI=1S/C23H13FN4O4S/c24-17-8-2-1-7-15(17)22(30)32-14-6-3-5-13(11-14)12-16-19(25)28-23(26-20(16)29)33-21(27-28)18-9-4-10-31-18/h1-12,25H/b16-12-,25-19?. The summed E-state index contributed by atoms with van der Waals surface area (Å²) in [5, 5.41) is 14.8. The molecule has 0 bridgehead atoms. The van der Waals surface area contributed by atoms with Crippen LogP contribution in [0.15, 0.2) is 87.0 Å². The van der Waals surface area contributed by atoms with Crippen molar-refractivity contribution in [1.29, 1.82) is 5.41 Å². The van der Waals surface area contributed by atoms with Crippen molar-refractivity contribution in [3.63, 3.8) is 0 Å². The largest absolute Gasteiger partial charge is 0.462 e. The molecule has 5 rings (SSSR count). The van der Waals surface area contributed by atoms with Crippen LogP contribution in [0.5, 0.6) is 5.75 Å². The lowest BCUT2D eigenvalue weighted by Gasteiger charge is -2.20. The molecule has 1 N–H and O–H groups in total. The van der Waals surface area contributed by atoms with Gasteiger partial charge in [-0.25, -0.2) is 9.18 Å². The zero-order valence-electron chi connectivity index (χ0n) is 16.7. The molecule has 0 unspecified atom stereocenters. The highest BCUT2D eigenvalue weighted by Gasteiger charge is 2.36. The van der Waals surface area contributed by atoms with Crippen LogP contribution in [-0.4, -0.2) is 32.9 Å². The number of halogens is 1. The van der Waals surface area contributed by atoms with E-state index in [1.807, 2.05) is 0 Å². The van der Waals surface area contributed by atoms with E-state index in [1.165, 1.54) is 53.7 Å². The number of rotatable bonds is 4. The van der Waals surface area contributed by atoms with Crippen molar-refractivity contribution >= 4 is 45.8 Å². The van der Waals surface area contributed by atoms with E-state index in [0.717, 1.165) is 11.8 Å². The van der Waals surface area contributed by atoms with E-state index in [1.54, 1.807) is 24.3 Å². The number of hydrogen-bond donors (Lipinski definition) is 1. The number of aliphatic imine (C=N–C) groups is 1. The van der Waals surface area contributed by atoms with Crippen LogP contribution in [0.3, 0.4) is 0 Å². The van der Waals surface area contributed by atoms with Gasteiger partial charge >= 0.3 is 5.97 Å². The Labute approximate surface area is 190 Å². The summed E-state index contributed by atoms with van der Waals surface area (Å²) in [4.78, 5) is 28.9. The molecule has 0 aliphatic carbocycles. The van der Waals surface area contributed by atoms with Gasteiger partial charge in [0.25, 0.3) is 5.91 Å². The number of hydrazone groups is 1. The normalized spacial score (nSPS) is 16.5. The summed E-state index contributed by atoms with van der Waals surface area (Å²) in [5.41, 5.74) is 0.313. The molecule has 3 heterocycles. The fourth-order valence-electron chi connectivity index (χ4n) is 3.12. The van der Waals surface area contributed by atoms with E-state index in [4.69, 9.17) is 14.6 Å². The van der Waals surface area contributed by atoms with Crippen molar-refractivity contribution in [3.8, 4) is 5.75 Å². The second kappa shape index (κ2) is 8.32. The van der Waals surface area contributed by atoms with Crippen LogP contribution in [0, 0.1) is 11.2 Å². The molecule has 2 aromatic carbocycles. The number of esters is 1. The fourth-order valence-corrected chi connectivity index (χ4v) is 3.97. The molecule has 0 atom stereocenters. The summed E-state index contributed by atoms with van der Waals surface area (Å²) in [6.45, 7) is 0. The van der Waals surface area contributed by atoms with Crippen LogP contribution in [0.4, 0.5) is 4.39 Å². The van der Waals surface area contributed by atoms with E-state index in [-0.39, 0.29) is 27.9 Å². The Morgan fingerprint density at radius 2 is 2.00 bits per heavy atom. The number of thioether (sulfide) groups is 1. The van der Waals surface area contributed by atoms with Crippen molar-refractivity contribution in [1.82, 2.24) is 5.01 Å². The van der Waals surface area contributed by atoms with E-state index in [0.29, 0.717) is 16.4 Å². The maximum atomic E-state index is 13.8. The van der Waals surface area contributed by atoms with Gasteiger partial charge in [-0.05, 0) is 59.8 Å². The summed E-state index contributed by atoms with van der Waals surface area (Å²) < 4.78 is 24.4. The molecule has 0 saturated carbocycles. The lowest BCUT2D eigenvalue weighted by molar-refractivity contribution is -0.114. The van der Waals surface area contributed by atoms with Gasteiger partial charge in [0.05, 0.1) is 17.4 Å². The maximum absolute atomic E-state index is 13.8. The van der Waals surface area contributed by atoms with Crippen molar-refractivity contribution in [2.75, 3.05) is 0 Å². The molecule has 2 aliphatic heterocycles. The minimum atomic E-state index is -0.845. The Morgan fingerprint density at radius 1 is 1.15 bits per heavy atom. The van der Waals surface area contributed by atoms with Crippen molar-refractivity contribution in [3.05, 3.63) is 95.2 Å². The average molecular weight is 460 g/mol. The SMILES string of the molecule is N=C1/C(=C/c2cccc(OC(=O)c3ccccc3F)c2)C(=O)N=C2SC(c3ccco3)=NN12. The van der Waals surface area contributed by atoms with Crippen LogP contribution in [0.25, 0.3) is 6.08 Å². The molecule has 10 heteroatoms. The van der Waals surface area contributed by atoms with E-state index < -0.39 is 17.7 Å². The first-order valence-electron chi connectivity index (χ1n) is 9.60. The molecule has 33 heavy (non-hydrogen) atoms. The summed E-state index contributed by atoms with van der Waals surface area (Å²) in [5.74, 6) is -1.61. The molecule has 1 amide bonds. The zero-order valence-corrected chi connectivity index (χ0v) is 17.5. The number of nitrogens with one attached hydrogen (secondary N) is 1. The fraction of sp³-hybridized carbons (Fsp3) is 0. The molecule has 162 valence electrons. The van der Waals surface area contributed by atoms with Crippen molar-refractivity contribution in [2.45, 2.75) is 0 Å². The molecule has 0 saturated heterocycles. The molecule has 2 aliphatic rings. The predicted octanol–water partition coefficient (Wildman–Crippen LogP) is 4.31. The first kappa shape index (κ1) is 20.6. The van der Waals surface area contributed by atoms with Gasteiger partial charge in [0, 0.05) is 0 Å². The topological polar surface area (TPSA) is 108 Å². The van der Waals surface area contributed by atoms with Gasteiger partial charge in [-0.2, -0.15) is 15.1 Å². The highest BCUT2D eigenvalue weighted by atomic mass is 32.2. The minimum Gasteiger partial charge on any atom is -0.462 e. The van der Waals surface area contributed by atoms with Crippen LogP contribution in [0.1, 0.15) is 21.7 Å². The number of fused-ring (bicyclic) bond motifs is 1.